The third-order valence-electron chi connectivity index (χ3n) is 2.98. The van der Waals surface area contributed by atoms with E-state index in [4.69, 9.17) is 4.42 Å². The van der Waals surface area contributed by atoms with Crippen molar-refractivity contribution in [1.82, 2.24) is 15.2 Å². The Bertz CT molecular complexity index is 565. The van der Waals surface area contributed by atoms with Crippen LogP contribution in [0.1, 0.15) is 55.3 Å². The van der Waals surface area contributed by atoms with Crippen molar-refractivity contribution in [1.29, 1.82) is 0 Å². The summed E-state index contributed by atoms with van der Waals surface area (Å²) in [5, 5.41) is 12.5. The van der Waals surface area contributed by atoms with Crippen molar-refractivity contribution in [2.24, 2.45) is 0 Å². The zero-order valence-electron chi connectivity index (χ0n) is 11.4. The van der Waals surface area contributed by atoms with Crippen molar-refractivity contribution in [2.75, 3.05) is 5.32 Å². The van der Waals surface area contributed by atoms with Crippen LogP contribution >= 0.6 is 11.3 Å². The minimum Gasteiger partial charge on any atom is -0.408 e. The van der Waals surface area contributed by atoms with Crippen molar-refractivity contribution in [3.8, 4) is 0 Å². The van der Waals surface area contributed by atoms with Gasteiger partial charge in [-0.2, -0.15) is 0 Å². The van der Waals surface area contributed by atoms with Crippen LogP contribution in [-0.4, -0.2) is 15.2 Å². The molecule has 1 aliphatic carbocycles. The van der Waals surface area contributed by atoms with E-state index in [2.05, 4.69) is 41.3 Å². The Labute approximate surface area is 116 Å². The maximum Gasteiger partial charge on any atom is 0.315 e. The van der Waals surface area contributed by atoms with Crippen molar-refractivity contribution >= 4 is 17.4 Å². The Morgan fingerprint density at radius 3 is 2.79 bits per heavy atom. The zero-order chi connectivity index (χ0) is 13.5. The van der Waals surface area contributed by atoms with Gasteiger partial charge < -0.3 is 9.73 Å². The Morgan fingerprint density at radius 1 is 1.37 bits per heavy atom. The molecule has 3 rings (SSSR count). The number of nitrogens with zero attached hydrogens (tertiary/aromatic N) is 3. The standard InChI is InChI=1S/C13H18N4OS/c1-13(2,3)11-16-17-12(18-11)15-7-9-6-14-10(19-9)8-4-5-8/h6,8H,4-5,7H2,1-3H3,(H,15,17). The lowest BCUT2D eigenvalue weighted by Crippen LogP contribution is -2.11. The SMILES string of the molecule is CC(C)(C)c1nnc(NCc2cnc(C3CC3)s2)o1. The number of nitrogens with one attached hydrogen (secondary N) is 1. The van der Waals surface area contributed by atoms with Gasteiger partial charge in [0.05, 0.1) is 11.6 Å². The first kappa shape index (κ1) is 12.6. The molecule has 5 nitrogen and oxygen atoms in total. The number of hydrogen-bond donors (Lipinski definition) is 1. The number of anilines is 1. The highest BCUT2D eigenvalue weighted by molar-refractivity contribution is 7.11. The monoisotopic (exact) mass is 278 g/mol. The predicted octanol–water partition coefficient (Wildman–Crippen LogP) is 3.31. The molecular formula is C13H18N4OS. The van der Waals surface area contributed by atoms with Gasteiger partial charge >= 0.3 is 6.01 Å². The number of thiazole rings is 1. The van der Waals surface area contributed by atoms with Crippen LogP contribution in [0.4, 0.5) is 6.01 Å². The van der Waals surface area contributed by atoms with Crippen LogP contribution in [0, 0.1) is 0 Å². The summed E-state index contributed by atoms with van der Waals surface area (Å²) >= 11 is 1.77. The third kappa shape index (κ3) is 2.94. The second kappa shape index (κ2) is 4.59. The Morgan fingerprint density at radius 2 is 2.16 bits per heavy atom. The van der Waals surface area contributed by atoms with Gasteiger partial charge in [-0.3, -0.25) is 0 Å². The average molecular weight is 278 g/mol. The van der Waals surface area contributed by atoms with E-state index in [-0.39, 0.29) is 5.41 Å². The van der Waals surface area contributed by atoms with Gasteiger partial charge in [-0.25, -0.2) is 4.98 Å². The van der Waals surface area contributed by atoms with E-state index in [1.54, 1.807) is 11.3 Å². The van der Waals surface area contributed by atoms with E-state index in [0.29, 0.717) is 18.5 Å². The van der Waals surface area contributed by atoms with Gasteiger partial charge in [0.15, 0.2) is 0 Å². The topological polar surface area (TPSA) is 63.8 Å². The molecule has 0 saturated heterocycles. The molecular weight excluding hydrogens is 260 g/mol. The normalized spacial score (nSPS) is 15.7. The van der Waals surface area contributed by atoms with Crippen molar-refractivity contribution < 1.29 is 4.42 Å². The number of rotatable bonds is 4. The van der Waals surface area contributed by atoms with Crippen LogP contribution in [0.5, 0.6) is 0 Å². The highest BCUT2D eigenvalue weighted by atomic mass is 32.1. The van der Waals surface area contributed by atoms with Gasteiger partial charge in [0, 0.05) is 22.4 Å². The molecule has 0 aromatic carbocycles. The van der Waals surface area contributed by atoms with Gasteiger partial charge in [-0.05, 0) is 12.8 Å². The lowest BCUT2D eigenvalue weighted by atomic mass is 9.97. The fraction of sp³-hybridized carbons (Fsp3) is 0.615. The van der Waals surface area contributed by atoms with Gasteiger partial charge in [-0.1, -0.05) is 25.9 Å². The Balaban J connectivity index is 1.60. The first-order chi connectivity index (χ1) is 9.02. The van der Waals surface area contributed by atoms with E-state index in [0.717, 1.165) is 5.92 Å². The molecule has 0 bridgehead atoms. The summed E-state index contributed by atoms with van der Waals surface area (Å²) in [5.41, 5.74) is -0.115. The molecule has 2 aromatic rings. The molecule has 0 radical (unpaired) electrons. The van der Waals surface area contributed by atoms with E-state index < -0.39 is 0 Å². The van der Waals surface area contributed by atoms with E-state index in [9.17, 15) is 0 Å². The fourth-order valence-electron chi connectivity index (χ4n) is 1.68. The maximum absolute atomic E-state index is 5.59. The highest BCUT2D eigenvalue weighted by Crippen LogP contribution is 2.41. The van der Waals surface area contributed by atoms with Crippen LogP contribution in [-0.2, 0) is 12.0 Å². The Hall–Kier alpha value is -1.43. The quantitative estimate of drug-likeness (QED) is 0.929. The first-order valence-electron chi connectivity index (χ1n) is 6.55. The minimum absolute atomic E-state index is 0.115. The fourth-order valence-corrected chi connectivity index (χ4v) is 2.71. The molecule has 102 valence electrons. The predicted molar refractivity (Wildman–Crippen MR) is 74.4 cm³/mol. The molecule has 1 N–H and O–H groups in total. The third-order valence-corrected chi connectivity index (χ3v) is 4.14. The first-order valence-corrected chi connectivity index (χ1v) is 7.36. The van der Waals surface area contributed by atoms with E-state index in [1.807, 2.05) is 6.20 Å². The second-order valence-electron chi connectivity index (χ2n) is 5.96. The molecule has 1 saturated carbocycles. The van der Waals surface area contributed by atoms with Crippen LogP contribution in [0.2, 0.25) is 0 Å². The molecule has 19 heavy (non-hydrogen) atoms. The van der Waals surface area contributed by atoms with E-state index >= 15 is 0 Å². The van der Waals surface area contributed by atoms with Gasteiger partial charge in [0.25, 0.3) is 0 Å². The molecule has 0 aliphatic heterocycles. The Kier molecular flexibility index (Phi) is 3.05. The molecule has 6 heteroatoms. The largest absolute Gasteiger partial charge is 0.408 e. The van der Waals surface area contributed by atoms with Crippen molar-refractivity contribution in [2.45, 2.75) is 51.5 Å². The molecule has 0 spiro atoms. The molecule has 0 atom stereocenters. The van der Waals surface area contributed by atoms with E-state index in [1.165, 1.54) is 22.7 Å². The van der Waals surface area contributed by atoms with Crippen molar-refractivity contribution in [3.63, 3.8) is 0 Å². The smallest absolute Gasteiger partial charge is 0.315 e. The summed E-state index contributed by atoms with van der Waals surface area (Å²) in [6.07, 6.45) is 4.52. The minimum atomic E-state index is -0.115. The molecule has 2 aromatic heterocycles. The van der Waals surface area contributed by atoms with Crippen LogP contribution < -0.4 is 5.32 Å². The highest BCUT2D eigenvalue weighted by Gasteiger charge is 2.26. The van der Waals surface area contributed by atoms with Gasteiger partial charge in [-0.15, -0.1) is 16.4 Å². The summed E-state index contributed by atoms with van der Waals surface area (Å²) < 4.78 is 5.59. The van der Waals surface area contributed by atoms with Crippen molar-refractivity contribution in [3.05, 3.63) is 22.0 Å². The second-order valence-corrected chi connectivity index (χ2v) is 7.10. The van der Waals surface area contributed by atoms with Gasteiger partial charge in [0.1, 0.15) is 0 Å². The van der Waals surface area contributed by atoms with Crippen LogP contribution in [0.25, 0.3) is 0 Å². The zero-order valence-corrected chi connectivity index (χ0v) is 12.3. The molecule has 2 heterocycles. The summed E-state index contributed by atoms with van der Waals surface area (Å²) in [4.78, 5) is 5.65. The van der Waals surface area contributed by atoms with Gasteiger partial charge in [0.2, 0.25) is 5.89 Å². The van der Waals surface area contributed by atoms with Crippen LogP contribution in [0.3, 0.4) is 0 Å². The molecule has 0 unspecified atom stereocenters. The summed E-state index contributed by atoms with van der Waals surface area (Å²) in [6.45, 7) is 6.84. The molecule has 1 fully saturated rings. The lowest BCUT2D eigenvalue weighted by molar-refractivity contribution is 0.399. The number of aromatic nitrogens is 3. The summed E-state index contributed by atoms with van der Waals surface area (Å²) in [5.74, 6) is 1.37. The van der Waals surface area contributed by atoms with Crippen LogP contribution in [0.15, 0.2) is 10.6 Å². The molecule has 1 aliphatic rings. The summed E-state index contributed by atoms with van der Waals surface area (Å²) in [6, 6.07) is 0.478. The summed E-state index contributed by atoms with van der Waals surface area (Å²) in [7, 11) is 0. The lowest BCUT2D eigenvalue weighted by Gasteiger charge is -2.10. The number of hydrogen-bond acceptors (Lipinski definition) is 6. The maximum atomic E-state index is 5.59. The average Bonchev–Trinajstić information content (AvgIpc) is 2.91. The molecule has 0 amide bonds.